The Morgan fingerprint density at radius 2 is 2.05 bits per heavy atom. The monoisotopic (exact) mass is 263 g/mol. The number of nitrogens with zero attached hydrogens (tertiary/aromatic N) is 1. The molecule has 1 fully saturated rings. The predicted molar refractivity (Wildman–Crippen MR) is 74.3 cm³/mol. The number of rotatable bonds is 4. The molecule has 0 atom stereocenters. The third kappa shape index (κ3) is 3.86. The topological polar surface area (TPSA) is 92.6 Å². The van der Waals surface area contributed by atoms with Crippen LogP contribution in [-0.2, 0) is 11.3 Å². The van der Waals surface area contributed by atoms with Crippen LogP contribution in [0.1, 0.15) is 24.8 Å². The molecule has 1 amide bonds. The van der Waals surface area contributed by atoms with Gasteiger partial charge in [0.05, 0.1) is 5.69 Å². The lowest BCUT2D eigenvalue weighted by Gasteiger charge is -2.31. The summed E-state index contributed by atoms with van der Waals surface area (Å²) in [5.74, 6) is 0.354. The molecular formula is C14H21N3O2. The minimum absolute atomic E-state index is 0.129. The van der Waals surface area contributed by atoms with E-state index < -0.39 is 0 Å². The molecule has 1 aromatic carbocycles. The predicted octanol–water partition coefficient (Wildman–Crippen LogP) is 1.06. The summed E-state index contributed by atoms with van der Waals surface area (Å²) in [5.41, 5.74) is 12.4. The molecule has 1 aliphatic heterocycles. The number of primary amides is 1. The van der Waals surface area contributed by atoms with E-state index in [1.165, 1.54) is 0 Å². The lowest BCUT2D eigenvalue weighted by molar-refractivity contribution is -0.119. The number of aromatic hydroxyl groups is 1. The molecule has 1 saturated heterocycles. The van der Waals surface area contributed by atoms with Gasteiger partial charge in [0.25, 0.3) is 0 Å². The molecule has 0 spiro atoms. The number of phenolic OH excluding ortho intramolecular Hbond substituents is 1. The van der Waals surface area contributed by atoms with Crippen molar-refractivity contribution in [1.82, 2.24) is 4.90 Å². The van der Waals surface area contributed by atoms with E-state index in [4.69, 9.17) is 11.5 Å². The van der Waals surface area contributed by atoms with Gasteiger partial charge < -0.3 is 16.6 Å². The van der Waals surface area contributed by atoms with E-state index in [1.807, 2.05) is 12.1 Å². The van der Waals surface area contributed by atoms with Crippen molar-refractivity contribution in [1.29, 1.82) is 0 Å². The maximum Gasteiger partial charge on any atom is 0.217 e. The van der Waals surface area contributed by atoms with Crippen LogP contribution in [0.3, 0.4) is 0 Å². The number of nitrogens with two attached hydrogens (primary N) is 2. The highest BCUT2D eigenvalue weighted by molar-refractivity contribution is 5.73. The van der Waals surface area contributed by atoms with Gasteiger partial charge in [0.15, 0.2) is 0 Å². The van der Waals surface area contributed by atoms with Crippen LogP contribution in [-0.4, -0.2) is 29.0 Å². The summed E-state index contributed by atoms with van der Waals surface area (Å²) >= 11 is 0. The van der Waals surface area contributed by atoms with Crippen LogP contribution in [0.25, 0.3) is 0 Å². The maximum absolute atomic E-state index is 10.9. The maximum atomic E-state index is 10.9. The molecule has 0 aromatic heterocycles. The highest BCUT2D eigenvalue weighted by Crippen LogP contribution is 2.24. The van der Waals surface area contributed by atoms with Gasteiger partial charge >= 0.3 is 0 Å². The van der Waals surface area contributed by atoms with E-state index in [2.05, 4.69) is 4.90 Å². The average molecular weight is 263 g/mol. The second-order valence-electron chi connectivity index (χ2n) is 5.28. The Kier molecular flexibility index (Phi) is 4.27. The standard InChI is InChI=1S/C14H21N3O2/c15-12-7-11(1-2-13(12)18)9-17-5-3-10(4-6-17)8-14(16)19/h1-2,7,10,18H,3-6,8-9,15H2,(H2,16,19). The smallest absolute Gasteiger partial charge is 0.217 e. The first-order valence-electron chi connectivity index (χ1n) is 6.62. The molecule has 5 nitrogen and oxygen atoms in total. The number of carbonyl (C=O) groups excluding carboxylic acids is 1. The summed E-state index contributed by atoms with van der Waals surface area (Å²) < 4.78 is 0. The number of likely N-dealkylation sites (tertiary alicyclic amines) is 1. The SMILES string of the molecule is NC(=O)CC1CCN(Cc2ccc(O)c(N)c2)CC1. The largest absolute Gasteiger partial charge is 0.506 e. The minimum Gasteiger partial charge on any atom is -0.506 e. The lowest BCUT2D eigenvalue weighted by Crippen LogP contribution is -2.34. The average Bonchev–Trinajstić information content (AvgIpc) is 2.36. The molecule has 0 radical (unpaired) electrons. The van der Waals surface area contributed by atoms with Crippen LogP contribution < -0.4 is 11.5 Å². The zero-order valence-corrected chi connectivity index (χ0v) is 11.0. The third-order valence-electron chi connectivity index (χ3n) is 3.70. The fourth-order valence-electron chi connectivity index (χ4n) is 2.59. The van der Waals surface area contributed by atoms with Gasteiger partial charge in [-0.3, -0.25) is 9.69 Å². The van der Waals surface area contributed by atoms with E-state index in [-0.39, 0.29) is 11.7 Å². The van der Waals surface area contributed by atoms with E-state index in [0.29, 0.717) is 18.0 Å². The lowest BCUT2D eigenvalue weighted by atomic mass is 9.93. The summed E-state index contributed by atoms with van der Waals surface area (Å²) in [6.07, 6.45) is 2.52. The summed E-state index contributed by atoms with van der Waals surface area (Å²) in [7, 11) is 0. The van der Waals surface area contributed by atoms with Crippen LogP contribution in [0.15, 0.2) is 18.2 Å². The van der Waals surface area contributed by atoms with E-state index in [9.17, 15) is 9.90 Å². The molecular weight excluding hydrogens is 242 g/mol. The number of hydrogen-bond acceptors (Lipinski definition) is 4. The number of anilines is 1. The van der Waals surface area contributed by atoms with Crippen molar-refractivity contribution in [2.24, 2.45) is 11.7 Å². The Balaban J connectivity index is 1.85. The second kappa shape index (κ2) is 5.93. The molecule has 19 heavy (non-hydrogen) atoms. The summed E-state index contributed by atoms with van der Waals surface area (Å²) in [5, 5.41) is 9.39. The van der Waals surface area contributed by atoms with Gasteiger partial charge in [-0.1, -0.05) is 6.07 Å². The minimum atomic E-state index is -0.204. The Labute approximate surface area is 113 Å². The molecule has 0 aliphatic carbocycles. The fraction of sp³-hybridized carbons (Fsp3) is 0.500. The molecule has 104 valence electrons. The van der Waals surface area contributed by atoms with E-state index in [0.717, 1.165) is 38.0 Å². The van der Waals surface area contributed by atoms with Crippen LogP contribution in [0.2, 0.25) is 0 Å². The molecule has 5 heteroatoms. The highest BCUT2D eigenvalue weighted by Gasteiger charge is 2.20. The first-order chi connectivity index (χ1) is 9.04. The van der Waals surface area contributed by atoms with Crippen molar-refractivity contribution in [3.05, 3.63) is 23.8 Å². The van der Waals surface area contributed by atoms with Crippen LogP contribution in [0.4, 0.5) is 5.69 Å². The van der Waals surface area contributed by atoms with Crippen LogP contribution in [0.5, 0.6) is 5.75 Å². The Morgan fingerprint density at radius 3 is 2.63 bits per heavy atom. The zero-order chi connectivity index (χ0) is 13.8. The van der Waals surface area contributed by atoms with Gasteiger partial charge in [-0.15, -0.1) is 0 Å². The summed E-state index contributed by atoms with van der Waals surface area (Å²) in [6.45, 7) is 2.77. The van der Waals surface area contributed by atoms with Gasteiger partial charge in [0, 0.05) is 13.0 Å². The van der Waals surface area contributed by atoms with Gasteiger partial charge in [0.2, 0.25) is 5.91 Å². The van der Waals surface area contributed by atoms with Crippen molar-refractivity contribution in [2.45, 2.75) is 25.8 Å². The molecule has 2 rings (SSSR count). The number of nitrogen functional groups attached to an aromatic ring is 1. The quantitative estimate of drug-likeness (QED) is 0.559. The number of benzene rings is 1. The van der Waals surface area contributed by atoms with Crippen molar-refractivity contribution >= 4 is 11.6 Å². The summed E-state index contributed by atoms with van der Waals surface area (Å²) in [4.78, 5) is 13.2. The molecule has 1 aliphatic rings. The normalized spacial score (nSPS) is 17.5. The van der Waals surface area contributed by atoms with E-state index >= 15 is 0 Å². The number of piperidine rings is 1. The Hall–Kier alpha value is -1.75. The van der Waals surface area contributed by atoms with Gasteiger partial charge in [0.1, 0.15) is 5.75 Å². The van der Waals surface area contributed by atoms with E-state index in [1.54, 1.807) is 6.07 Å². The van der Waals surface area contributed by atoms with Gasteiger partial charge in [-0.2, -0.15) is 0 Å². The Bertz CT molecular complexity index is 454. The van der Waals surface area contributed by atoms with Crippen molar-refractivity contribution in [3.8, 4) is 5.75 Å². The Morgan fingerprint density at radius 1 is 1.37 bits per heavy atom. The van der Waals surface area contributed by atoms with Crippen molar-refractivity contribution in [2.75, 3.05) is 18.8 Å². The first-order valence-corrected chi connectivity index (χ1v) is 6.62. The number of hydrogen-bond donors (Lipinski definition) is 3. The number of carbonyl (C=O) groups is 1. The van der Waals surface area contributed by atoms with Gasteiger partial charge in [-0.25, -0.2) is 0 Å². The van der Waals surface area contributed by atoms with Crippen molar-refractivity contribution in [3.63, 3.8) is 0 Å². The summed E-state index contributed by atoms with van der Waals surface area (Å²) in [6, 6.07) is 5.33. The van der Waals surface area contributed by atoms with Crippen LogP contribution >= 0.6 is 0 Å². The number of phenols is 1. The first kappa shape index (κ1) is 13.7. The second-order valence-corrected chi connectivity index (χ2v) is 5.28. The van der Waals surface area contributed by atoms with Gasteiger partial charge in [-0.05, 0) is 49.5 Å². The van der Waals surface area contributed by atoms with Crippen LogP contribution in [0, 0.1) is 5.92 Å². The molecule has 0 bridgehead atoms. The molecule has 5 N–H and O–H groups in total. The number of amides is 1. The molecule has 0 saturated carbocycles. The molecule has 0 unspecified atom stereocenters. The third-order valence-corrected chi connectivity index (χ3v) is 3.70. The molecule has 1 aromatic rings. The highest BCUT2D eigenvalue weighted by atomic mass is 16.3. The van der Waals surface area contributed by atoms with Crippen molar-refractivity contribution < 1.29 is 9.90 Å². The fourth-order valence-corrected chi connectivity index (χ4v) is 2.59. The molecule has 1 heterocycles. The zero-order valence-electron chi connectivity index (χ0n) is 11.0.